The highest BCUT2D eigenvalue weighted by Gasteiger charge is 2.31. The summed E-state index contributed by atoms with van der Waals surface area (Å²) in [6, 6.07) is 10.8. The quantitative estimate of drug-likeness (QED) is 0.579. The number of rotatable bonds is 4. The molecule has 1 saturated heterocycles. The number of fused-ring (bicyclic) bond motifs is 1. The van der Waals surface area contributed by atoms with Gasteiger partial charge in [-0.2, -0.15) is 4.98 Å². The van der Waals surface area contributed by atoms with E-state index in [9.17, 15) is 9.18 Å². The first-order valence-corrected chi connectivity index (χ1v) is 11.4. The van der Waals surface area contributed by atoms with Crippen molar-refractivity contribution in [3.8, 4) is 5.88 Å². The van der Waals surface area contributed by atoms with Gasteiger partial charge in [0.15, 0.2) is 6.73 Å². The molecule has 0 radical (unpaired) electrons. The number of hydrogen-bond acceptors (Lipinski definition) is 7. The number of aromatic nitrogens is 2. The van der Waals surface area contributed by atoms with Crippen molar-refractivity contribution in [2.24, 2.45) is 0 Å². The first-order chi connectivity index (χ1) is 16.4. The first-order valence-electron chi connectivity index (χ1n) is 11.0. The smallest absolute Gasteiger partial charge is 0.268 e. The minimum Gasteiger partial charge on any atom is -0.455 e. The number of para-hydroxylation sites is 1. The predicted octanol–water partition coefficient (Wildman–Crippen LogP) is 4.12. The SMILES string of the molecule is Cc1cc(Nc2ncc3c(n2)OCN(c2c(F)cccc2Cl)C3=O)ccc1N1CCNC[C@@H]1C. The summed E-state index contributed by atoms with van der Waals surface area (Å²) in [7, 11) is 0. The summed E-state index contributed by atoms with van der Waals surface area (Å²) in [6.45, 7) is 6.96. The Morgan fingerprint density at radius 1 is 1.29 bits per heavy atom. The van der Waals surface area contributed by atoms with Gasteiger partial charge < -0.3 is 20.3 Å². The Labute approximate surface area is 201 Å². The maximum atomic E-state index is 14.3. The number of ether oxygens (including phenoxy) is 1. The standard InChI is InChI=1S/C24H24ClFN6O2/c1-14-10-16(6-7-20(14)31-9-8-27-11-15(31)2)29-24-28-12-17-22(30-24)34-13-32(23(17)33)21-18(25)4-3-5-19(21)26/h3-7,10,12,15,27H,8-9,11,13H2,1-2H3,(H,28,29,30)/t15-/m0/s1. The van der Waals surface area contributed by atoms with Crippen molar-refractivity contribution in [1.82, 2.24) is 15.3 Å². The van der Waals surface area contributed by atoms with Crippen molar-refractivity contribution in [2.45, 2.75) is 19.9 Å². The largest absolute Gasteiger partial charge is 0.455 e. The molecule has 0 spiro atoms. The first kappa shape index (κ1) is 22.4. The van der Waals surface area contributed by atoms with E-state index in [0.717, 1.165) is 35.8 Å². The lowest BCUT2D eigenvalue weighted by Crippen LogP contribution is -2.50. The molecule has 3 heterocycles. The average molecular weight is 483 g/mol. The van der Waals surface area contributed by atoms with Crippen LogP contribution in [-0.4, -0.2) is 48.3 Å². The van der Waals surface area contributed by atoms with Gasteiger partial charge in [0, 0.05) is 43.2 Å². The second-order valence-corrected chi connectivity index (χ2v) is 8.77. The Bertz CT molecular complexity index is 1240. The lowest BCUT2D eigenvalue weighted by molar-refractivity contribution is 0.0931. The van der Waals surface area contributed by atoms with Crippen LogP contribution in [0.3, 0.4) is 0 Å². The van der Waals surface area contributed by atoms with Crippen LogP contribution in [0.5, 0.6) is 5.88 Å². The second-order valence-electron chi connectivity index (χ2n) is 8.36. The monoisotopic (exact) mass is 482 g/mol. The van der Waals surface area contributed by atoms with Crippen LogP contribution in [-0.2, 0) is 0 Å². The Kier molecular flexibility index (Phi) is 5.97. The van der Waals surface area contributed by atoms with Crippen molar-refractivity contribution >= 4 is 40.5 Å². The Morgan fingerprint density at radius 2 is 2.15 bits per heavy atom. The van der Waals surface area contributed by atoms with E-state index in [4.69, 9.17) is 16.3 Å². The van der Waals surface area contributed by atoms with Crippen LogP contribution in [0.25, 0.3) is 0 Å². The van der Waals surface area contributed by atoms with Crippen LogP contribution in [0.2, 0.25) is 5.02 Å². The third-order valence-corrected chi connectivity index (χ3v) is 6.34. The maximum absolute atomic E-state index is 14.3. The lowest BCUT2D eigenvalue weighted by Gasteiger charge is -2.37. The van der Waals surface area contributed by atoms with E-state index in [2.05, 4.69) is 45.4 Å². The molecule has 0 bridgehead atoms. The van der Waals surface area contributed by atoms with E-state index in [0.29, 0.717) is 12.0 Å². The van der Waals surface area contributed by atoms with Gasteiger partial charge in [-0.1, -0.05) is 17.7 Å². The zero-order chi connectivity index (χ0) is 23.8. The number of carbonyl (C=O) groups excluding carboxylic acids is 1. The van der Waals surface area contributed by atoms with Gasteiger partial charge in [-0.25, -0.2) is 9.37 Å². The Hall–Kier alpha value is -3.43. The van der Waals surface area contributed by atoms with E-state index in [1.54, 1.807) is 0 Å². The molecule has 1 fully saturated rings. The fourth-order valence-corrected chi connectivity index (χ4v) is 4.57. The van der Waals surface area contributed by atoms with Crippen LogP contribution in [0.4, 0.5) is 27.4 Å². The highest BCUT2D eigenvalue weighted by molar-refractivity contribution is 6.34. The van der Waals surface area contributed by atoms with E-state index in [1.165, 1.54) is 30.1 Å². The minimum absolute atomic E-state index is 0.0311. The van der Waals surface area contributed by atoms with E-state index >= 15 is 0 Å². The van der Waals surface area contributed by atoms with Crippen molar-refractivity contribution in [3.63, 3.8) is 0 Å². The number of piperazine rings is 1. The molecule has 2 aliphatic rings. The van der Waals surface area contributed by atoms with Gasteiger partial charge in [0.1, 0.15) is 17.1 Å². The van der Waals surface area contributed by atoms with Crippen LogP contribution >= 0.6 is 11.6 Å². The molecule has 34 heavy (non-hydrogen) atoms. The highest BCUT2D eigenvalue weighted by Crippen LogP contribution is 2.34. The number of amides is 1. The second kappa shape index (κ2) is 9.08. The molecule has 0 aliphatic carbocycles. The van der Waals surface area contributed by atoms with Gasteiger partial charge in [-0.05, 0) is 49.7 Å². The maximum Gasteiger partial charge on any atom is 0.268 e. The minimum atomic E-state index is -0.610. The third-order valence-electron chi connectivity index (χ3n) is 6.03. The molecule has 2 N–H and O–H groups in total. The van der Waals surface area contributed by atoms with Gasteiger partial charge in [-0.15, -0.1) is 0 Å². The predicted molar refractivity (Wildman–Crippen MR) is 130 cm³/mol. The topological polar surface area (TPSA) is 82.6 Å². The van der Waals surface area contributed by atoms with Crippen LogP contribution in [0, 0.1) is 12.7 Å². The molecule has 1 aromatic heterocycles. The van der Waals surface area contributed by atoms with E-state index in [-0.39, 0.29) is 28.9 Å². The summed E-state index contributed by atoms with van der Waals surface area (Å²) in [5, 5.41) is 6.70. The van der Waals surface area contributed by atoms with Crippen molar-refractivity contribution in [1.29, 1.82) is 0 Å². The van der Waals surface area contributed by atoms with Gasteiger partial charge in [0.25, 0.3) is 5.91 Å². The summed E-state index contributed by atoms with van der Waals surface area (Å²) in [4.78, 5) is 25.1. The number of hydrogen-bond donors (Lipinski definition) is 2. The van der Waals surface area contributed by atoms with Crippen molar-refractivity contribution in [3.05, 3.63) is 64.6 Å². The molecule has 8 nitrogen and oxygen atoms in total. The number of halogens is 2. The average Bonchev–Trinajstić information content (AvgIpc) is 2.81. The lowest BCUT2D eigenvalue weighted by atomic mass is 10.1. The van der Waals surface area contributed by atoms with E-state index < -0.39 is 11.7 Å². The summed E-state index contributed by atoms with van der Waals surface area (Å²) in [5.74, 6) is -0.660. The number of anilines is 4. The summed E-state index contributed by atoms with van der Waals surface area (Å²) < 4.78 is 20.0. The highest BCUT2D eigenvalue weighted by atomic mass is 35.5. The van der Waals surface area contributed by atoms with E-state index in [1.807, 2.05) is 12.1 Å². The molecule has 2 aromatic carbocycles. The number of aryl methyl sites for hydroxylation is 1. The molecular weight excluding hydrogens is 459 g/mol. The number of carbonyl (C=O) groups is 1. The number of nitrogens with one attached hydrogen (secondary N) is 2. The van der Waals surface area contributed by atoms with Gasteiger partial charge >= 0.3 is 0 Å². The van der Waals surface area contributed by atoms with Crippen molar-refractivity contribution in [2.75, 3.05) is 41.5 Å². The summed E-state index contributed by atoms with van der Waals surface area (Å²) in [5.41, 5.74) is 3.27. The molecule has 1 atom stereocenters. The summed E-state index contributed by atoms with van der Waals surface area (Å²) in [6.07, 6.45) is 1.37. The molecule has 0 saturated carbocycles. The normalized spacial score (nSPS) is 17.9. The molecule has 5 rings (SSSR count). The fraction of sp³-hybridized carbons (Fsp3) is 0.292. The van der Waals surface area contributed by atoms with Gasteiger partial charge in [0.05, 0.1) is 5.02 Å². The van der Waals surface area contributed by atoms with Crippen LogP contribution < -0.4 is 25.2 Å². The Morgan fingerprint density at radius 3 is 2.91 bits per heavy atom. The van der Waals surface area contributed by atoms with Gasteiger partial charge in [0.2, 0.25) is 11.8 Å². The molecule has 3 aromatic rings. The molecule has 1 amide bonds. The molecule has 0 unspecified atom stereocenters. The van der Waals surface area contributed by atoms with Crippen LogP contribution in [0.1, 0.15) is 22.8 Å². The zero-order valence-corrected chi connectivity index (χ0v) is 19.6. The molecular formula is C24H24ClFN6O2. The molecule has 176 valence electrons. The zero-order valence-electron chi connectivity index (χ0n) is 18.8. The summed E-state index contributed by atoms with van der Waals surface area (Å²) >= 11 is 6.12. The van der Waals surface area contributed by atoms with Crippen molar-refractivity contribution < 1.29 is 13.9 Å². The number of benzene rings is 2. The Balaban J connectivity index is 1.35. The third kappa shape index (κ3) is 4.12. The fourth-order valence-electron chi connectivity index (χ4n) is 4.31. The van der Waals surface area contributed by atoms with Gasteiger partial charge in [-0.3, -0.25) is 9.69 Å². The number of nitrogens with zero attached hydrogens (tertiary/aromatic N) is 4. The molecule has 10 heteroatoms. The molecule has 2 aliphatic heterocycles. The van der Waals surface area contributed by atoms with Crippen LogP contribution in [0.15, 0.2) is 42.6 Å².